The number of ether oxygens (including phenoxy) is 1. The van der Waals surface area contributed by atoms with Gasteiger partial charge in [-0.3, -0.25) is 0 Å². The first-order chi connectivity index (χ1) is 10.1. The van der Waals surface area contributed by atoms with Crippen LogP contribution >= 0.6 is 23.2 Å². The van der Waals surface area contributed by atoms with Gasteiger partial charge in [-0.1, -0.05) is 41.4 Å². The lowest BCUT2D eigenvalue weighted by molar-refractivity contribution is 0.405. The van der Waals surface area contributed by atoms with E-state index in [2.05, 4.69) is 31.2 Å². The van der Waals surface area contributed by atoms with E-state index >= 15 is 0 Å². The lowest BCUT2D eigenvalue weighted by Crippen LogP contribution is -2.11. The summed E-state index contributed by atoms with van der Waals surface area (Å²) in [6, 6.07) is 14.3. The van der Waals surface area contributed by atoms with E-state index in [0.717, 1.165) is 29.2 Å². The van der Waals surface area contributed by atoms with Gasteiger partial charge >= 0.3 is 0 Å². The van der Waals surface area contributed by atoms with E-state index in [1.54, 1.807) is 7.11 Å². The quantitative estimate of drug-likeness (QED) is 0.656. The molecule has 2 aromatic carbocycles. The van der Waals surface area contributed by atoms with Crippen LogP contribution in [-0.2, 0) is 12.8 Å². The average Bonchev–Trinajstić information content (AvgIpc) is 2.49. The van der Waals surface area contributed by atoms with Crippen LogP contribution in [0.25, 0.3) is 0 Å². The van der Waals surface area contributed by atoms with E-state index in [1.165, 1.54) is 11.1 Å². The average molecular weight is 323 g/mol. The summed E-state index contributed by atoms with van der Waals surface area (Å²) in [5, 5.41) is 0.731. The number of rotatable bonds is 6. The molecule has 0 saturated carbocycles. The van der Waals surface area contributed by atoms with Crippen LogP contribution in [0.5, 0.6) is 5.75 Å². The first kappa shape index (κ1) is 16.2. The zero-order valence-corrected chi connectivity index (χ0v) is 13.9. The number of halogens is 2. The minimum atomic E-state index is 0.363. The summed E-state index contributed by atoms with van der Waals surface area (Å²) in [6.07, 6.45) is 1.82. The standard InChI is InChI=1S/C18H20Cl2O/c1-13-3-5-14(6-4-13)9-15(12-19)10-16-11-17(20)7-8-18(16)21-2/h3-8,11,15H,9-10,12H2,1-2H3. The van der Waals surface area contributed by atoms with Crippen molar-refractivity contribution in [1.29, 1.82) is 0 Å². The smallest absolute Gasteiger partial charge is 0.122 e. The Morgan fingerprint density at radius 2 is 1.76 bits per heavy atom. The van der Waals surface area contributed by atoms with Gasteiger partial charge < -0.3 is 4.74 Å². The predicted molar refractivity (Wildman–Crippen MR) is 90.8 cm³/mol. The summed E-state index contributed by atoms with van der Waals surface area (Å²) in [4.78, 5) is 0. The van der Waals surface area contributed by atoms with Gasteiger partial charge in [0.25, 0.3) is 0 Å². The molecule has 2 aromatic rings. The third-order valence-electron chi connectivity index (χ3n) is 3.61. The number of methoxy groups -OCH3 is 1. The molecule has 21 heavy (non-hydrogen) atoms. The maximum Gasteiger partial charge on any atom is 0.122 e. The van der Waals surface area contributed by atoms with Gasteiger partial charge in [0.15, 0.2) is 0 Å². The SMILES string of the molecule is COc1ccc(Cl)cc1CC(CCl)Cc1ccc(C)cc1. The van der Waals surface area contributed by atoms with E-state index in [1.807, 2.05) is 18.2 Å². The van der Waals surface area contributed by atoms with Crippen molar-refractivity contribution < 1.29 is 4.74 Å². The van der Waals surface area contributed by atoms with Gasteiger partial charge in [0.05, 0.1) is 7.11 Å². The van der Waals surface area contributed by atoms with E-state index < -0.39 is 0 Å². The third-order valence-corrected chi connectivity index (χ3v) is 4.29. The highest BCUT2D eigenvalue weighted by Crippen LogP contribution is 2.27. The van der Waals surface area contributed by atoms with Crippen molar-refractivity contribution in [3.8, 4) is 5.75 Å². The van der Waals surface area contributed by atoms with Crippen LogP contribution in [-0.4, -0.2) is 13.0 Å². The van der Waals surface area contributed by atoms with Gasteiger partial charge in [-0.15, -0.1) is 11.6 Å². The van der Waals surface area contributed by atoms with Gasteiger partial charge in [-0.25, -0.2) is 0 Å². The van der Waals surface area contributed by atoms with Crippen LogP contribution in [0.4, 0.5) is 0 Å². The van der Waals surface area contributed by atoms with E-state index in [-0.39, 0.29) is 0 Å². The molecule has 0 amide bonds. The Kier molecular flexibility index (Phi) is 5.96. The highest BCUT2D eigenvalue weighted by molar-refractivity contribution is 6.30. The van der Waals surface area contributed by atoms with Crippen molar-refractivity contribution in [3.05, 3.63) is 64.2 Å². The molecular formula is C18H20Cl2O. The molecule has 1 nitrogen and oxygen atoms in total. The lowest BCUT2D eigenvalue weighted by Gasteiger charge is -2.16. The Labute approximate surface area is 136 Å². The van der Waals surface area contributed by atoms with Crippen molar-refractivity contribution in [2.75, 3.05) is 13.0 Å². The Bertz CT molecular complexity index is 578. The zero-order valence-electron chi connectivity index (χ0n) is 12.4. The van der Waals surface area contributed by atoms with Crippen LogP contribution in [0.15, 0.2) is 42.5 Å². The Hall–Kier alpha value is -1.18. The normalized spacial score (nSPS) is 12.2. The predicted octanol–water partition coefficient (Wildman–Crippen LogP) is 5.30. The van der Waals surface area contributed by atoms with Crippen LogP contribution in [0, 0.1) is 12.8 Å². The molecule has 0 aliphatic heterocycles. The lowest BCUT2D eigenvalue weighted by atomic mass is 9.93. The number of hydrogen-bond acceptors (Lipinski definition) is 1. The molecule has 3 heteroatoms. The molecule has 0 aliphatic rings. The summed E-state index contributed by atoms with van der Waals surface area (Å²) in [5.74, 6) is 1.85. The summed E-state index contributed by atoms with van der Waals surface area (Å²) in [6.45, 7) is 2.10. The Morgan fingerprint density at radius 1 is 1.05 bits per heavy atom. The molecule has 0 N–H and O–H groups in total. The molecule has 0 aliphatic carbocycles. The van der Waals surface area contributed by atoms with Gasteiger partial charge in [-0.2, -0.15) is 0 Å². The minimum Gasteiger partial charge on any atom is -0.496 e. The Morgan fingerprint density at radius 3 is 2.38 bits per heavy atom. The van der Waals surface area contributed by atoms with Crippen molar-refractivity contribution >= 4 is 23.2 Å². The van der Waals surface area contributed by atoms with Crippen LogP contribution in [0.3, 0.4) is 0 Å². The molecule has 112 valence electrons. The maximum atomic E-state index is 6.16. The number of alkyl halides is 1. The molecule has 0 aromatic heterocycles. The topological polar surface area (TPSA) is 9.23 Å². The van der Waals surface area contributed by atoms with Gasteiger partial charge in [0.2, 0.25) is 0 Å². The summed E-state index contributed by atoms with van der Waals surface area (Å²) in [7, 11) is 1.68. The minimum absolute atomic E-state index is 0.363. The molecule has 0 fully saturated rings. The largest absolute Gasteiger partial charge is 0.496 e. The third kappa shape index (κ3) is 4.66. The fourth-order valence-electron chi connectivity index (χ4n) is 2.46. The second kappa shape index (κ2) is 7.72. The molecule has 0 radical (unpaired) electrons. The van der Waals surface area contributed by atoms with Crippen molar-refractivity contribution in [2.45, 2.75) is 19.8 Å². The number of benzene rings is 2. The zero-order chi connectivity index (χ0) is 15.2. The first-order valence-electron chi connectivity index (χ1n) is 7.06. The van der Waals surface area contributed by atoms with Crippen molar-refractivity contribution in [3.63, 3.8) is 0 Å². The molecule has 1 atom stereocenters. The number of hydrogen-bond donors (Lipinski definition) is 0. The summed E-state index contributed by atoms with van der Waals surface area (Å²) < 4.78 is 5.41. The highest BCUT2D eigenvalue weighted by atomic mass is 35.5. The number of aryl methyl sites for hydroxylation is 1. The van der Waals surface area contributed by atoms with E-state index in [0.29, 0.717) is 11.8 Å². The first-order valence-corrected chi connectivity index (χ1v) is 7.97. The molecule has 2 rings (SSSR count). The van der Waals surface area contributed by atoms with E-state index in [4.69, 9.17) is 27.9 Å². The summed E-state index contributed by atoms with van der Waals surface area (Å²) in [5.41, 5.74) is 3.70. The van der Waals surface area contributed by atoms with Crippen molar-refractivity contribution in [1.82, 2.24) is 0 Å². The maximum absolute atomic E-state index is 6.16. The Balaban J connectivity index is 2.11. The molecule has 0 bridgehead atoms. The van der Waals surface area contributed by atoms with E-state index in [9.17, 15) is 0 Å². The molecule has 0 spiro atoms. The second-order valence-electron chi connectivity index (χ2n) is 5.37. The molecule has 0 saturated heterocycles. The van der Waals surface area contributed by atoms with Crippen molar-refractivity contribution in [2.24, 2.45) is 5.92 Å². The van der Waals surface area contributed by atoms with Gasteiger partial charge in [0.1, 0.15) is 5.75 Å². The van der Waals surface area contributed by atoms with Crippen LogP contribution < -0.4 is 4.74 Å². The molecule has 1 unspecified atom stereocenters. The van der Waals surface area contributed by atoms with Crippen LogP contribution in [0.2, 0.25) is 5.02 Å². The van der Waals surface area contributed by atoms with Gasteiger partial charge in [-0.05, 0) is 55.0 Å². The monoisotopic (exact) mass is 322 g/mol. The summed E-state index contributed by atoms with van der Waals surface area (Å²) >= 11 is 12.2. The highest BCUT2D eigenvalue weighted by Gasteiger charge is 2.13. The fraction of sp³-hybridized carbons (Fsp3) is 0.333. The van der Waals surface area contributed by atoms with Crippen LogP contribution in [0.1, 0.15) is 16.7 Å². The molecule has 0 heterocycles. The molecular weight excluding hydrogens is 303 g/mol. The van der Waals surface area contributed by atoms with Gasteiger partial charge in [0, 0.05) is 10.9 Å². The fourth-order valence-corrected chi connectivity index (χ4v) is 2.87. The second-order valence-corrected chi connectivity index (χ2v) is 6.12.